The van der Waals surface area contributed by atoms with Gasteiger partial charge in [0.1, 0.15) is 5.69 Å². The van der Waals surface area contributed by atoms with Crippen molar-refractivity contribution < 1.29 is 14.0 Å². The molecule has 0 bridgehead atoms. The summed E-state index contributed by atoms with van der Waals surface area (Å²) in [6.45, 7) is 1.97. The largest absolute Gasteiger partial charge is 0.354 e. The zero-order chi connectivity index (χ0) is 24.4. The molecule has 0 unspecified atom stereocenters. The first-order chi connectivity index (χ1) is 16.3. The molecule has 34 heavy (non-hydrogen) atoms. The number of aromatic nitrogens is 3. The number of halogens is 1. The van der Waals surface area contributed by atoms with Gasteiger partial charge in [0.2, 0.25) is 5.95 Å². The zero-order valence-electron chi connectivity index (χ0n) is 18.3. The van der Waals surface area contributed by atoms with E-state index in [-0.39, 0.29) is 29.0 Å². The number of aromatic amines is 1. The molecule has 9 nitrogen and oxygen atoms in total. The molecule has 0 saturated carbocycles. The van der Waals surface area contributed by atoms with Crippen molar-refractivity contribution >= 4 is 28.4 Å². The second-order valence-electron chi connectivity index (χ2n) is 7.39. The average Bonchev–Trinajstić information content (AvgIpc) is 2.84. The monoisotopic (exact) mass is 461 g/mol. The number of nitrogens with one attached hydrogen (secondary N) is 3. The fourth-order valence-corrected chi connectivity index (χ4v) is 3.54. The number of hydrogen-bond acceptors (Lipinski definition) is 5. The van der Waals surface area contributed by atoms with E-state index in [1.165, 1.54) is 19.2 Å². The van der Waals surface area contributed by atoms with Crippen LogP contribution in [-0.4, -0.2) is 33.4 Å². The Kier molecular flexibility index (Phi) is 6.05. The van der Waals surface area contributed by atoms with Gasteiger partial charge in [-0.2, -0.15) is 4.39 Å². The van der Waals surface area contributed by atoms with Gasteiger partial charge in [0, 0.05) is 19.2 Å². The van der Waals surface area contributed by atoms with Crippen molar-refractivity contribution in [1.82, 2.24) is 19.9 Å². The van der Waals surface area contributed by atoms with Gasteiger partial charge in [-0.1, -0.05) is 18.2 Å². The second kappa shape index (κ2) is 9.10. The first-order valence-electron chi connectivity index (χ1n) is 10.4. The van der Waals surface area contributed by atoms with E-state index >= 15 is 0 Å². The highest BCUT2D eigenvalue weighted by atomic mass is 19.1. The van der Waals surface area contributed by atoms with Crippen LogP contribution in [0.4, 0.5) is 10.1 Å². The van der Waals surface area contributed by atoms with E-state index in [9.17, 15) is 23.6 Å². The van der Waals surface area contributed by atoms with Gasteiger partial charge < -0.3 is 15.6 Å². The number of carbonyl (C=O) groups excluding carboxylic acids is 2. The molecule has 0 aliphatic heterocycles. The van der Waals surface area contributed by atoms with E-state index in [0.717, 1.165) is 4.57 Å². The van der Waals surface area contributed by atoms with Crippen LogP contribution in [0.1, 0.15) is 27.8 Å². The molecule has 0 aliphatic carbocycles. The Bertz CT molecular complexity index is 1560. The van der Waals surface area contributed by atoms with Crippen LogP contribution >= 0.6 is 0 Å². The van der Waals surface area contributed by atoms with Crippen LogP contribution < -0.4 is 21.9 Å². The third kappa shape index (κ3) is 4.20. The number of fused-ring (bicyclic) bond motifs is 1. The quantitative estimate of drug-likeness (QED) is 0.394. The molecule has 0 saturated heterocycles. The maximum Gasteiger partial charge on any atom is 0.328 e. The van der Waals surface area contributed by atoms with E-state index in [2.05, 4.69) is 20.6 Å². The third-order valence-corrected chi connectivity index (χ3v) is 5.31. The number of rotatable bonds is 5. The summed E-state index contributed by atoms with van der Waals surface area (Å²) in [6, 6.07) is 14.2. The van der Waals surface area contributed by atoms with Gasteiger partial charge >= 0.3 is 5.69 Å². The van der Waals surface area contributed by atoms with E-state index in [0.29, 0.717) is 22.0 Å². The summed E-state index contributed by atoms with van der Waals surface area (Å²) >= 11 is 0. The number of pyridine rings is 1. The van der Waals surface area contributed by atoms with Crippen LogP contribution in [0, 0.1) is 5.95 Å². The van der Waals surface area contributed by atoms with Crippen LogP contribution in [0.5, 0.6) is 0 Å². The van der Waals surface area contributed by atoms with E-state index in [1.807, 2.05) is 0 Å². The molecule has 4 rings (SSSR count). The van der Waals surface area contributed by atoms with Crippen LogP contribution in [0.2, 0.25) is 0 Å². The van der Waals surface area contributed by atoms with Crippen LogP contribution in [0.25, 0.3) is 22.0 Å². The Labute approximate surface area is 192 Å². The smallest absolute Gasteiger partial charge is 0.328 e. The lowest BCUT2D eigenvalue weighted by Crippen LogP contribution is -2.34. The highest BCUT2D eigenvalue weighted by molar-refractivity contribution is 6.05. The van der Waals surface area contributed by atoms with Gasteiger partial charge in [0.25, 0.3) is 17.4 Å². The Morgan fingerprint density at radius 3 is 2.50 bits per heavy atom. The summed E-state index contributed by atoms with van der Waals surface area (Å²) in [4.78, 5) is 55.2. The summed E-state index contributed by atoms with van der Waals surface area (Å²) < 4.78 is 15.4. The zero-order valence-corrected chi connectivity index (χ0v) is 18.3. The van der Waals surface area contributed by atoms with E-state index in [4.69, 9.17) is 0 Å². The van der Waals surface area contributed by atoms with Crippen molar-refractivity contribution in [3.8, 4) is 11.1 Å². The van der Waals surface area contributed by atoms with Crippen molar-refractivity contribution in [3.05, 3.63) is 92.6 Å². The first-order valence-corrected chi connectivity index (χ1v) is 10.4. The van der Waals surface area contributed by atoms with Gasteiger partial charge in [0.15, 0.2) is 0 Å². The number of hydrogen-bond donors (Lipinski definition) is 3. The lowest BCUT2D eigenvalue weighted by molar-refractivity contribution is 0.0956. The molecule has 0 fully saturated rings. The topological polar surface area (TPSA) is 126 Å². The number of nitrogens with zero attached hydrogens (tertiary/aromatic N) is 2. The molecule has 0 aliphatic rings. The van der Waals surface area contributed by atoms with Crippen LogP contribution in [0.15, 0.2) is 64.2 Å². The summed E-state index contributed by atoms with van der Waals surface area (Å²) in [7, 11) is 1.40. The SMILES string of the molecule is CCn1c(=O)[nH]c2cc(-c3cccc(C(=O)Nc4ccc(C(=O)NC)nc4F)c3)ccc2c1=O. The normalized spacial score (nSPS) is 10.8. The van der Waals surface area contributed by atoms with Gasteiger partial charge in [-0.3, -0.25) is 19.0 Å². The fourth-order valence-electron chi connectivity index (χ4n) is 3.54. The molecule has 3 N–H and O–H groups in total. The van der Waals surface area contributed by atoms with E-state index in [1.54, 1.807) is 49.4 Å². The Morgan fingerprint density at radius 1 is 1.03 bits per heavy atom. The predicted molar refractivity (Wildman–Crippen MR) is 125 cm³/mol. The average molecular weight is 461 g/mol. The van der Waals surface area contributed by atoms with Crippen LogP contribution in [0.3, 0.4) is 0 Å². The van der Waals surface area contributed by atoms with Crippen molar-refractivity contribution in [2.75, 3.05) is 12.4 Å². The molecular formula is C24H20FN5O4. The highest BCUT2D eigenvalue weighted by Crippen LogP contribution is 2.24. The number of amides is 2. The predicted octanol–water partition coefficient (Wildman–Crippen LogP) is 2.52. The summed E-state index contributed by atoms with van der Waals surface area (Å²) in [5, 5.41) is 5.17. The highest BCUT2D eigenvalue weighted by Gasteiger charge is 2.15. The number of H-pyrrole nitrogens is 1. The molecule has 10 heteroatoms. The summed E-state index contributed by atoms with van der Waals surface area (Å²) in [5.41, 5.74) is 0.817. The van der Waals surface area contributed by atoms with Gasteiger partial charge in [-0.05, 0) is 54.4 Å². The molecule has 2 heterocycles. The minimum absolute atomic E-state index is 0.111. The van der Waals surface area contributed by atoms with Crippen molar-refractivity contribution in [2.45, 2.75) is 13.5 Å². The third-order valence-electron chi connectivity index (χ3n) is 5.31. The minimum Gasteiger partial charge on any atom is -0.354 e. The Hall–Kier alpha value is -4.60. The van der Waals surface area contributed by atoms with Crippen molar-refractivity contribution in [2.24, 2.45) is 0 Å². The lowest BCUT2D eigenvalue weighted by atomic mass is 10.0. The molecule has 0 atom stereocenters. The second-order valence-corrected chi connectivity index (χ2v) is 7.39. The molecule has 2 aromatic carbocycles. The maximum absolute atomic E-state index is 14.3. The van der Waals surface area contributed by atoms with Gasteiger partial charge in [0.05, 0.1) is 16.6 Å². The molecule has 172 valence electrons. The maximum atomic E-state index is 14.3. The molecule has 2 aromatic heterocycles. The molecule has 0 spiro atoms. The summed E-state index contributed by atoms with van der Waals surface area (Å²) in [6.07, 6.45) is 0. The molecule has 4 aromatic rings. The number of carbonyl (C=O) groups is 2. The number of anilines is 1. The fraction of sp³-hybridized carbons (Fsp3) is 0.125. The van der Waals surface area contributed by atoms with Gasteiger partial charge in [-0.15, -0.1) is 0 Å². The summed E-state index contributed by atoms with van der Waals surface area (Å²) in [5.74, 6) is -2.10. The minimum atomic E-state index is -0.984. The van der Waals surface area contributed by atoms with Crippen molar-refractivity contribution in [1.29, 1.82) is 0 Å². The Balaban J connectivity index is 1.64. The molecular weight excluding hydrogens is 441 g/mol. The molecule has 0 radical (unpaired) electrons. The van der Waals surface area contributed by atoms with Crippen LogP contribution in [-0.2, 0) is 6.54 Å². The molecule has 2 amide bonds. The Morgan fingerprint density at radius 2 is 1.79 bits per heavy atom. The van der Waals surface area contributed by atoms with Crippen molar-refractivity contribution in [3.63, 3.8) is 0 Å². The standard InChI is InChI=1S/C24H20FN5O4/c1-3-30-23(33)16-8-7-14(12-19(16)29-24(30)34)13-5-4-6-15(11-13)21(31)28-17-9-10-18(22(32)26-2)27-20(17)25/h4-12H,3H2,1-2H3,(H,26,32)(H,28,31)(H,29,34). The first kappa shape index (κ1) is 22.6. The van der Waals surface area contributed by atoms with Gasteiger partial charge in [-0.25, -0.2) is 9.78 Å². The van der Waals surface area contributed by atoms with E-state index < -0.39 is 23.5 Å². The number of benzene rings is 2. The lowest BCUT2D eigenvalue weighted by Gasteiger charge is -2.09.